The highest BCUT2D eigenvalue weighted by Gasteiger charge is 2.08. The molecule has 0 spiro atoms. The van der Waals surface area contributed by atoms with Crippen molar-refractivity contribution < 1.29 is 4.74 Å². The van der Waals surface area contributed by atoms with Crippen molar-refractivity contribution in [3.05, 3.63) is 30.1 Å². The first-order chi connectivity index (χ1) is 7.95. The fourth-order valence-electron chi connectivity index (χ4n) is 1.80. The van der Waals surface area contributed by atoms with E-state index in [0.717, 1.165) is 45.9 Å². The van der Waals surface area contributed by atoms with E-state index in [1.54, 1.807) is 0 Å². The van der Waals surface area contributed by atoms with Gasteiger partial charge in [-0.25, -0.2) is 0 Å². The predicted octanol–water partition coefficient (Wildman–Crippen LogP) is 0.503. The zero-order valence-corrected chi connectivity index (χ0v) is 9.56. The molecule has 0 bridgehead atoms. The lowest BCUT2D eigenvalue weighted by Gasteiger charge is -2.26. The fraction of sp³-hybridized carbons (Fsp3) is 0.583. The van der Waals surface area contributed by atoms with E-state index in [4.69, 9.17) is 4.74 Å². The minimum atomic E-state index is 0.879. The number of nitrogens with zero attached hydrogens (tertiary/aromatic N) is 2. The third kappa shape index (κ3) is 3.89. The molecule has 0 amide bonds. The van der Waals surface area contributed by atoms with Crippen molar-refractivity contribution in [2.24, 2.45) is 0 Å². The SMILES string of the molecule is c1cc(CNCCN2CCOCC2)ccn1. The summed E-state index contributed by atoms with van der Waals surface area (Å²) < 4.78 is 5.31. The number of rotatable bonds is 5. The number of hydrogen-bond donors (Lipinski definition) is 1. The summed E-state index contributed by atoms with van der Waals surface area (Å²) in [6.07, 6.45) is 3.66. The minimum absolute atomic E-state index is 0.879. The van der Waals surface area contributed by atoms with Crippen molar-refractivity contribution in [1.29, 1.82) is 0 Å². The van der Waals surface area contributed by atoms with E-state index < -0.39 is 0 Å². The summed E-state index contributed by atoms with van der Waals surface area (Å²) in [6, 6.07) is 4.09. The number of aromatic nitrogens is 1. The third-order valence-corrected chi connectivity index (χ3v) is 2.79. The maximum atomic E-state index is 5.31. The van der Waals surface area contributed by atoms with Crippen LogP contribution in [0.4, 0.5) is 0 Å². The van der Waals surface area contributed by atoms with Crippen LogP contribution < -0.4 is 5.32 Å². The molecule has 0 unspecified atom stereocenters. The molecule has 16 heavy (non-hydrogen) atoms. The molecule has 1 aromatic heterocycles. The van der Waals surface area contributed by atoms with Gasteiger partial charge in [0, 0.05) is 45.1 Å². The number of ether oxygens (including phenoxy) is 1. The average molecular weight is 221 g/mol. The molecular formula is C12H19N3O. The summed E-state index contributed by atoms with van der Waals surface area (Å²) >= 11 is 0. The quantitative estimate of drug-likeness (QED) is 0.735. The predicted molar refractivity (Wildman–Crippen MR) is 63.2 cm³/mol. The molecule has 1 saturated heterocycles. The molecule has 1 N–H and O–H groups in total. The second-order valence-corrected chi connectivity index (χ2v) is 3.99. The Bertz CT molecular complexity index is 286. The van der Waals surface area contributed by atoms with Gasteiger partial charge in [0.1, 0.15) is 0 Å². The molecule has 0 radical (unpaired) electrons. The molecule has 4 nitrogen and oxygen atoms in total. The molecule has 1 aliphatic heterocycles. The molecule has 1 aliphatic rings. The average Bonchev–Trinajstić information content (AvgIpc) is 2.37. The molecule has 1 aromatic rings. The number of morpholine rings is 1. The summed E-state index contributed by atoms with van der Waals surface area (Å²) in [7, 11) is 0. The third-order valence-electron chi connectivity index (χ3n) is 2.79. The maximum absolute atomic E-state index is 5.31. The zero-order chi connectivity index (χ0) is 11.1. The van der Waals surface area contributed by atoms with Crippen LogP contribution in [0.2, 0.25) is 0 Å². The largest absolute Gasteiger partial charge is 0.379 e. The normalized spacial score (nSPS) is 17.5. The first kappa shape index (κ1) is 11.5. The lowest BCUT2D eigenvalue weighted by molar-refractivity contribution is 0.0384. The first-order valence-electron chi connectivity index (χ1n) is 5.85. The van der Waals surface area contributed by atoms with Crippen molar-refractivity contribution in [2.75, 3.05) is 39.4 Å². The van der Waals surface area contributed by atoms with Crippen LogP contribution in [0.25, 0.3) is 0 Å². The standard InChI is InChI=1S/C12H19N3O/c1-3-13-4-2-12(1)11-14-5-6-15-7-9-16-10-8-15/h1-4,14H,5-11H2. The van der Waals surface area contributed by atoms with Gasteiger partial charge in [0.05, 0.1) is 13.2 Å². The first-order valence-corrected chi connectivity index (χ1v) is 5.85. The van der Waals surface area contributed by atoms with Crippen LogP contribution in [-0.4, -0.2) is 49.3 Å². The molecule has 0 aliphatic carbocycles. The topological polar surface area (TPSA) is 37.4 Å². The minimum Gasteiger partial charge on any atom is -0.379 e. The zero-order valence-electron chi connectivity index (χ0n) is 9.56. The van der Waals surface area contributed by atoms with Gasteiger partial charge < -0.3 is 10.1 Å². The van der Waals surface area contributed by atoms with Crippen molar-refractivity contribution >= 4 is 0 Å². The number of nitrogens with one attached hydrogen (secondary N) is 1. The van der Waals surface area contributed by atoms with Crippen LogP contribution in [0.1, 0.15) is 5.56 Å². The molecule has 0 saturated carbocycles. The Kier molecular flexibility index (Phi) is 4.73. The van der Waals surface area contributed by atoms with E-state index in [2.05, 4.69) is 15.2 Å². The van der Waals surface area contributed by atoms with Gasteiger partial charge in [0.2, 0.25) is 0 Å². The van der Waals surface area contributed by atoms with Crippen molar-refractivity contribution in [3.8, 4) is 0 Å². The monoisotopic (exact) mass is 221 g/mol. The van der Waals surface area contributed by atoms with E-state index in [9.17, 15) is 0 Å². The van der Waals surface area contributed by atoms with Crippen LogP contribution in [0.3, 0.4) is 0 Å². The van der Waals surface area contributed by atoms with E-state index >= 15 is 0 Å². The molecule has 2 rings (SSSR count). The second kappa shape index (κ2) is 6.58. The molecule has 1 fully saturated rings. The summed E-state index contributed by atoms with van der Waals surface area (Å²) in [4.78, 5) is 6.43. The van der Waals surface area contributed by atoms with Crippen molar-refractivity contribution in [2.45, 2.75) is 6.54 Å². The summed E-state index contributed by atoms with van der Waals surface area (Å²) in [5.41, 5.74) is 1.29. The molecular weight excluding hydrogens is 202 g/mol. The van der Waals surface area contributed by atoms with Crippen LogP contribution >= 0.6 is 0 Å². The highest BCUT2D eigenvalue weighted by Crippen LogP contribution is 1.96. The molecule has 88 valence electrons. The lowest BCUT2D eigenvalue weighted by Crippen LogP contribution is -2.40. The molecule has 0 atom stereocenters. The number of hydrogen-bond acceptors (Lipinski definition) is 4. The Morgan fingerprint density at radius 3 is 2.75 bits per heavy atom. The van der Waals surface area contributed by atoms with E-state index in [1.165, 1.54) is 5.56 Å². The summed E-state index contributed by atoms with van der Waals surface area (Å²) in [5, 5.41) is 3.44. The van der Waals surface area contributed by atoms with Crippen molar-refractivity contribution in [3.63, 3.8) is 0 Å². The van der Waals surface area contributed by atoms with Gasteiger partial charge in [-0.05, 0) is 17.7 Å². The van der Waals surface area contributed by atoms with Gasteiger partial charge in [-0.15, -0.1) is 0 Å². The molecule has 2 heterocycles. The molecule has 0 aromatic carbocycles. The Morgan fingerprint density at radius 1 is 1.25 bits per heavy atom. The van der Waals surface area contributed by atoms with Gasteiger partial charge in [-0.2, -0.15) is 0 Å². The smallest absolute Gasteiger partial charge is 0.0594 e. The maximum Gasteiger partial charge on any atom is 0.0594 e. The van der Waals surface area contributed by atoms with E-state index in [-0.39, 0.29) is 0 Å². The Hall–Kier alpha value is -0.970. The second-order valence-electron chi connectivity index (χ2n) is 3.99. The van der Waals surface area contributed by atoms with Gasteiger partial charge >= 0.3 is 0 Å². The van der Waals surface area contributed by atoms with Gasteiger partial charge in [-0.3, -0.25) is 9.88 Å². The van der Waals surface area contributed by atoms with E-state index in [0.29, 0.717) is 0 Å². The van der Waals surface area contributed by atoms with Gasteiger partial charge in [0.15, 0.2) is 0 Å². The van der Waals surface area contributed by atoms with Crippen LogP contribution in [0.5, 0.6) is 0 Å². The van der Waals surface area contributed by atoms with Crippen molar-refractivity contribution in [1.82, 2.24) is 15.2 Å². The summed E-state index contributed by atoms with van der Waals surface area (Å²) in [6.45, 7) is 6.95. The van der Waals surface area contributed by atoms with E-state index in [1.807, 2.05) is 24.5 Å². The van der Waals surface area contributed by atoms with Crippen LogP contribution in [0.15, 0.2) is 24.5 Å². The van der Waals surface area contributed by atoms with Crippen LogP contribution in [0, 0.1) is 0 Å². The highest BCUT2D eigenvalue weighted by molar-refractivity contribution is 5.08. The van der Waals surface area contributed by atoms with Crippen LogP contribution in [-0.2, 0) is 11.3 Å². The Morgan fingerprint density at radius 2 is 2.00 bits per heavy atom. The number of pyridine rings is 1. The summed E-state index contributed by atoms with van der Waals surface area (Å²) in [5.74, 6) is 0. The lowest BCUT2D eigenvalue weighted by atomic mass is 10.3. The fourth-order valence-corrected chi connectivity index (χ4v) is 1.80. The van der Waals surface area contributed by atoms with Gasteiger partial charge in [-0.1, -0.05) is 0 Å². The Balaban J connectivity index is 1.58. The molecule has 4 heteroatoms. The highest BCUT2D eigenvalue weighted by atomic mass is 16.5. The van der Waals surface area contributed by atoms with Gasteiger partial charge in [0.25, 0.3) is 0 Å². The Labute approximate surface area is 96.6 Å².